The molecule has 4 rings (SSSR count). The number of fused-ring (bicyclic) bond motifs is 2. The quantitative estimate of drug-likeness (QED) is 0.497. The van der Waals surface area contributed by atoms with Crippen molar-refractivity contribution >= 4 is 27.6 Å². The van der Waals surface area contributed by atoms with Crippen LogP contribution < -0.4 is 0 Å². The zero-order valence-electron chi connectivity index (χ0n) is 13.2. The SMILES string of the molecule is COC(=O)c1ccc2cccc(-c3cccc4cccnc34)c2c1. The van der Waals surface area contributed by atoms with E-state index >= 15 is 0 Å². The van der Waals surface area contributed by atoms with Crippen LogP contribution in [0.25, 0.3) is 32.8 Å². The van der Waals surface area contributed by atoms with Gasteiger partial charge in [-0.2, -0.15) is 0 Å². The van der Waals surface area contributed by atoms with E-state index in [-0.39, 0.29) is 5.97 Å². The Hall–Kier alpha value is -3.20. The molecule has 0 N–H and O–H groups in total. The molecule has 1 heterocycles. The summed E-state index contributed by atoms with van der Waals surface area (Å²) in [5.74, 6) is -0.331. The van der Waals surface area contributed by atoms with Crippen molar-refractivity contribution in [2.24, 2.45) is 0 Å². The normalized spacial score (nSPS) is 10.9. The first kappa shape index (κ1) is 14.4. The number of hydrogen-bond acceptors (Lipinski definition) is 3. The van der Waals surface area contributed by atoms with Gasteiger partial charge in [0, 0.05) is 17.1 Å². The van der Waals surface area contributed by atoms with Crippen molar-refractivity contribution < 1.29 is 9.53 Å². The summed E-state index contributed by atoms with van der Waals surface area (Å²) in [6.07, 6.45) is 1.80. The molecule has 116 valence electrons. The summed E-state index contributed by atoms with van der Waals surface area (Å²) in [6.45, 7) is 0. The van der Waals surface area contributed by atoms with Crippen LogP contribution in [0, 0.1) is 0 Å². The van der Waals surface area contributed by atoms with E-state index in [1.54, 1.807) is 12.3 Å². The third-order valence-corrected chi connectivity index (χ3v) is 4.23. The van der Waals surface area contributed by atoms with Crippen molar-refractivity contribution in [1.29, 1.82) is 0 Å². The Balaban J connectivity index is 2.03. The fourth-order valence-corrected chi connectivity index (χ4v) is 3.07. The van der Waals surface area contributed by atoms with Gasteiger partial charge in [-0.15, -0.1) is 0 Å². The molecule has 0 aliphatic rings. The van der Waals surface area contributed by atoms with E-state index in [4.69, 9.17) is 4.74 Å². The number of hydrogen-bond donors (Lipinski definition) is 0. The second-order valence-electron chi connectivity index (χ2n) is 5.61. The molecule has 0 radical (unpaired) electrons. The van der Waals surface area contributed by atoms with Crippen molar-refractivity contribution in [1.82, 2.24) is 4.98 Å². The van der Waals surface area contributed by atoms with E-state index in [9.17, 15) is 4.79 Å². The molecule has 0 saturated heterocycles. The predicted octanol–water partition coefficient (Wildman–Crippen LogP) is 4.84. The summed E-state index contributed by atoms with van der Waals surface area (Å²) < 4.78 is 4.85. The zero-order chi connectivity index (χ0) is 16.5. The predicted molar refractivity (Wildman–Crippen MR) is 96.0 cm³/mol. The number of carbonyl (C=O) groups excluding carboxylic acids is 1. The maximum Gasteiger partial charge on any atom is 0.337 e. The Labute approximate surface area is 139 Å². The van der Waals surface area contributed by atoms with Crippen LogP contribution in [-0.2, 0) is 4.74 Å². The van der Waals surface area contributed by atoms with Crippen LogP contribution >= 0.6 is 0 Å². The summed E-state index contributed by atoms with van der Waals surface area (Å²) in [5, 5.41) is 3.18. The average Bonchev–Trinajstić information content (AvgIpc) is 2.66. The molecule has 0 aliphatic heterocycles. The lowest BCUT2D eigenvalue weighted by molar-refractivity contribution is 0.0601. The molecule has 0 fully saturated rings. The van der Waals surface area contributed by atoms with Gasteiger partial charge in [-0.1, -0.05) is 48.5 Å². The van der Waals surface area contributed by atoms with Gasteiger partial charge in [-0.05, 0) is 34.5 Å². The van der Waals surface area contributed by atoms with Gasteiger partial charge in [-0.3, -0.25) is 4.98 Å². The minimum absolute atomic E-state index is 0.331. The van der Waals surface area contributed by atoms with Crippen molar-refractivity contribution in [3.63, 3.8) is 0 Å². The first-order valence-electron chi connectivity index (χ1n) is 7.73. The monoisotopic (exact) mass is 313 g/mol. The van der Waals surface area contributed by atoms with Gasteiger partial charge in [0.2, 0.25) is 0 Å². The third-order valence-electron chi connectivity index (χ3n) is 4.23. The number of nitrogens with zero attached hydrogens (tertiary/aromatic N) is 1. The fourth-order valence-electron chi connectivity index (χ4n) is 3.07. The van der Waals surface area contributed by atoms with Gasteiger partial charge in [0.15, 0.2) is 0 Å². The van der Waals surface area contributed by atoms with Gasteiger partial charge in [0.05, 0.1) is 18.2 Å². The highest BCUT2D eigenvalue weighted by atomic mass is 16.5. The average molecular weight is 313 g/mol. The van der Waals surface area contributed by atoms with Gasteiger partial charge < -0.3 is 4.74 Å². The molecule has 0 bridgehead atoms. The molecular weight excluding hydrogens is 298 g/mol. The Morgan fingerprint density at radius 2 is 1.62 bits per heavy atom. The number of benzene rings is 3. The maximum absolute atomic E-state index is 11.9. The number of pyridine rings is 1. The Kier molecular flexibility index (Phi) is 3.47. The van der Waals surface area contributed by atoms with Crippen LogP contribution in [-0.4, -0.2) is 18.1 Å². The minimum atomic E-state index is -0.331. The fraction of sp³-hybridized carbons (Fsp3) is 0.0476. The molecule has 3 heteroatoms. The summed E-state index contributed by atoms with van der Waals surface area (Å²) in [5.41, 5.74) is 3.62. The molecule has 24 heavy (non-hydrogen) atoms. The third kappa shape index (κ3) is 2.31. The Morgan fingerprint density at radius 3 is 2.46 bits per heavy atom. The number of aromatic nitrogens is 1. The largest absolute Gasteiger partial charge is 0.465 e. The lowest BCUT2D eigenvalue weighted by atomic mass is 9.95. The number of carbonyl (C=O) groups is 1. The van der Waals surface area contributed by atoms with Gasteiger partial charge in [0.25, 0.3) is 0 Å². The van der Waals surface area contributed by atoms with E-state index in [0.29, 0.717) is 5.56 Å². The highest BCUT2D eigenvalue weighted by molar-refractivity contribution is 6.06. The van der Waals surface area contributed by atoms with Crippen LogP contribution in [0.1, 0.15) is 10.4 Å². The molecule has 4 aromatic rings. The summed E-state index contributed by atoms with van der Waals surface area (Å²) in [6, 6.07) is 21.9. The van der Waals surface area contributed by atoms with Gasteiger partial charge >= 0.3 is 5.97 Å². The number of esters is 1. The summed E-state index contributed by atoms with van der Waals surface area (Å²) in [7, 11) is 1.40. The lowest BCUT2D eigenvalue weighted by Gasteiger charge is -2.10. The van der Waals surface area contributed by atoms with Crippen molar-refractivity contribution in [2.75, 3.05) is 7.11 Å². The molecule has 1 aromatic heterocycles. The van der Waals surface area contributed by atoms with E-state index in [2.05, 4.69) is 29.2 Å². The number of ether oxygens (including phenoxy) is 1. The molecule has 3 aromatic carbocycles. The molecule has 0 aliphatic carbocycles. The molecule has 0 amide bonds. The van der Waals surface area contributed by atoms with Gasteiger partial charge in [-0.25, -0.2) is 4.79 Å². The second-order valence-corrected chi connectivity index (χ2v) is 5.61. The number of methoxy groups -OCH3 is 1. The standard InChI is InChI=1S/C21H15NO2/c1-24-21(23)16-11-10-14-5-2-8-17(19(14)13-16)18-9-3-6-15-7-4-12-22-20(15)18/h2-13H,1H3. The number of para-hydroxylation sites is 1. The Morgan fingerprint density at radius 1 is 0.875 bits per heavy atom. The first-order chi connectivity index (χ1) is 11.8. The zero-order valence-corrected chi connectivity index (χ0v) is 13.2. The minimum Gasteiger partial charge on any atom is -0.465 e. The van der Waals surface area contributed by atoms with Crippen molar-refractivity contribution in [3.8, 4) is 11.1 Å². The van der Waals surface area contributed by atoms with Crippen LogP contribution in [0.4, 0.5) is 0 Å². The molecule has 0 saturated carbocycles. The molecular formula is C21H15NO2. The van der Waals surface area contributed by atoms with E-state index in [1.807, 2.05) is 36.4 Å². The smallest absolute Gasteiger partial charge is 0.337 e. The summed E-state index contributed by atoms with van der Waals surface area (Å²) in [4.78, 5) is 16.4. The van der Waals surface area contributed by atoms with E-state index in [0.717, 1.165) is 32.8 Å². The molecule has 0 unspecified atom stereocenters. The van der Waals surface area contributed by atoms with Crippen LogP contribution in [0.5, 0.6) is 0 Å². The summed E-state index contributed by atoms with van der Waals surface area (Å²) >= 11 is 0. The molecule has 3 nitrogen and oxygen atoms in total. The highest BCUT2D eigenvalue weighted by Gasteiger charge is 2.11. The topological polar surface area (TPSA) is 39.2 Å². The molecule has 0 atom stereocenters. The van der Waals surface area contributed by atoms with Crippen molar-refractivity contribution in [2.45, 2.75) is 0 Å². The maximum atomic E-state index is 11.9. The molecule has 0 spiro atoms. The number of rotatable bonds is 2. The second kappa shape index (κ2) is 5.78. The van der Waals surface area contributed by atoms with E-state index < -0.39 is 0 Å². The van der Waals surface area contributed by atoms with Gasteiger partial charge in [0.1, 0.15) is 0 Å². The van der Waals surface area contributed by atoms with Crippen LogP contribution in [0.15, 0.2) is 72.9 Å². The Bertz CT molecular complexity index is 1060. The van der Waals surface area contributed by atoms with Crippen molar-refractivity contribution in [3.05, 3.63) is 78.5 Å². The lowest BCUT2D eigenvalue weighted by Crippen LogP contribution is -2.00. The highest BCUT2D eigenvalue weighted by Crippen LogP contribution is 2.33. The van der Waals surface area contributed by atoms with Crippen LogP contribution in [0.3, 0.4) is 0 Å². The van der Waals surface area contributed by atoms with E-state index in [1.165, 1.54) is 7.11 Å². The first-order valence-corrected chi connectivity index (χ1v) is 7.73. The van der Waals surface area contributed by atoms with Crippen LogP contribution in [0.2, 0.25) is 0 Å².